The van der Waals surface area contributed by atoms with Crippen molar-refractivity contribution in [3.8, 4) is 11.5 Å². The van der Waals surface area contributed by atoms with Crippen LogP contribution in [0, 0.1) is 5.82 Å². The molecule has 4 N–H and O–H groups in total. The van der Waals surface area contributed by atoms with Crippen molar-refractivity contribution in [1.82, 2.24) is 40.2 Å². The van der Waals surface area contributed by atoms with Crippen LogP contribution in [0.15, 0.2) is 54.7 Å². The second-order valence-electron chi connectivity index (χ2n) is 17.5. The molecule has 65 heavy (non-hydrogen) atoms. The molecule has 2 aromatic heterocycles. The Morgan fingerprint density at radius 2 is 1.71 bits per heavy atom. The predicted octanol–water partition coefficient (Wildman–Crippen LogP) is 5.22. The van der Waals surface area contributed by atoms with Gasteiger partial charge in [0.25, 0.3) is 5.91 Å². The standard InChI is InChI=1S/C46H55FN11O6P/c1-5-28-22-35(50-46-52-42(32-26-48-54-43(32)53-46)49-34-8-6-7-9-40(34)65(3,4)62)39(63-2)25-37(28)57-14-12-30(13-15-57)56-18-16-55(17-19-56)20-21-64-38-24-29(47)23-31-33(38)27-58(45(31)61)36-10-11-41(59)51-44(36)60/h6-9,22-26,30,36H,5,10-21,27H2,1-4H3,(H,51,59,60)(H3,48,49,50,52,53,54). The zero-order valence-corrected chi connectivity index (χ0v) is 38.0. The molecular weight excluding hydrogens is 853 g/mol. The Bertz CT molecular complexity index is 2680. The van der Waals surface area contributed by atoms with Gasteiger partial charge in [-0.25, -0.2) is 4.39 Å². The number of hydrogen-bond acceptors (Lipinski definition) is 14. The molecule has 5 aromatic rings. The molecule has 1 atom stereocenters. The number of anilines is 5. The van der Waals surface area contributed by atoms with Crippen molar-refractivity contribution in [3.63, 3.8) is 0 Å². The molecule has 0 saturated carbocycles. The number of amides is 3. The number of benzene rings is 3. The van der Waals surface area contributed by atoms with Gasteiger partial charge >= 0.3 is 0 Å². The molecule has 19 heteroatoms. The molecule has 3 fully saturated rings. The zero-order chi connectivity index (χ0) is 45.4. The lowest BCUT2D eigenvalue weighted by Crippen LogP contribution is -2.53. The van der Waals surface area contributed by atoms with Crippen LogP contribution in [0.2, 0.25) is 0 Å². The fourth-order valence-corrected chi connectivity index (χ4v) is 10.7. The van der Waals surface area contributed by atoms with E-state index in [4.69, 9.17) is 19.4 Å². The quantitative estimate of drug-likeness (QED) is 0.0838. The summed E-state index contributed by atoms with van der Waals surface area (Å²) in [6.45, 7) is 12.3. The SMILES string of the molecule is CCc1cc(Nc2nc(Nc3ccccc3P(C)(C)=O)c3cn[nH]c3n2)c(OC)cc1N1CCC(N2CCN(CCOc3cc(F)cc4c3CN(C3CCC(=O)NC3=O)C4=O)CC2)CC1. The van der Waals surface area contributed by atoms with Gasteiger partial charge in [-0.1, -0.05) is 19.1 Å². The molecule has 0 aliphatic carbocycles. The number of methoxy groups -OCH3 is 1. The van der Waals surface area contributed by atoms with Crippen molar-refractivity contribution >= 4 is 70.0 Å². The number of halogens is 1. The Labute approximate surface area is 376 Å². The summed E-state index contributed by atoms with van der Waals surface area (Å²) in [5.41, 5.74) is 5.12. The van der Waals surface area contributed by atoms with Crippen LogP contribution in [0.3, 0.4) is 0 Å². The highest BCUT2D eigenvalue weighted by molar-refractivity contribution is 7.70. The minimum Gasteiger partial charge on any atom is -0.494 e. The summed E-state index contributed by atoms with van der Waals surface area (Å²) in [5.74, 6) is 0.0173. The summed E-state index contributed by atoms with van der Waals surface area (Å²) in [6, 6.07) is 14.0. The number of carbonyl (C=O) groups excluding carboxylic acids is 3. The molecule has 3 saturated heterocycles. The van der Waals surface area contributed by atoms with Crippen molar-refractivity contribution in [1.29, 1.82) is 0 Å². The fraction of sp³-hybridized carbons (Fsp3) is 0.435. The average molecular weight is 908 g/mol. The number of ether oxygens (including phenoxy) is 2. The van der Waals surface area contributed by atoms with Crippen LogP contribution in [0.1, 0.15) is 54.1 Å². The number of nitrogens with zero attached hydrogens (tertiary/aromatic N) is 7. The maximum atomic E-state index is 14.7. The first-order valence-corrected chi connectivity index (χ1v) is 24.9. The number of aromatic nitrogens is 4. The number of piperidine rings is 2. The molecular formula is C46H55FN11O6P. The normalized spacial score (nSPS) is 18.8. The molecule has 4 aliphatic rings. The van der Waals surface area contributed by atoms with Crippen molar-refractivity contribution in [2.75, 3.05) is 88.4 Å². The monoisotopic (exact) mass is 907 g/mol. The van der Waals surface area contributed by atoms with Crippen LogP contribution in [-0.4, -0.2) is 138 Å². The lowest BCUT2D eigenvalue weighted by molar-refractivity contribution is -0.136. The Morgan fingerprint density at radius 1 is 0.923 bits per heavy atom. The molecule has 4 aliphatic heterocycles. The van der Waals surface area contributed by atoms with Crippen molar-refractivity contribution in [2.45, 2.75) is 57.7 Å². The van der Waals surface area contributed by atoms with E-state index in [1.807, 2.05) is 24.3 Å². The minimum atomic E-state index is -2.58. The second-order valence-corrected chi connectivity index (χ2v) is 20.6. The largest absolute Gasteiger partial charge is 0.494 e. The van der Waals surface area contributed by atoms with E-state index in [0.717, 1.165) is 75.2 Å². The highest BCUT2D eigenvalue weighted by Crippen LogP contribution is 2.40. The first-order chi connectivity index (χ1) is 31.4. The van der Waals surface area contributed by atoms with Gasteiger partial charge in [0.15, 0.2) is 5.65 Å². The topological polar surface area (TPSA) is 190 Å². The number of aromatic amines is 1. The van der Waals surface area contributed by atoms with E-state index in [0.29, 0.717) is 64.7 Å². The predicted molar refractivity (Wildman–Crippen MR) is 247 cm³/mol. The van der Waals surface area contributed by atoms with Gasteiger partial charge in [0.05, 0.1) is 42.2 Å². The third kappa shape index (κ3) is 9.24. The Kier molecular flexibility index (Phi) is 12.5. The number of rotatable bonds is 14. The first-order valence-electron chi connectivity index (χ1n) is 22.3. The van der Waals surface area contributed by atoms with Crippen LogP contribution < -0.4 is 35.6 Å². The van der Waals surface area contributed by atoms with E-state index in [2.05, 4.69) is 59.9 Å². The van der Waals surface area contributed by atoms with Crippen molar-refractivity contribution < 1.29 is 32.8 Å². The van der Waals surface area contributed by atoms with E-state index >= 15 is 0 Å². The molecule has 3 amide bonds. The molecule has 0 bridgehead atoms. The number of para-hydroxylation sites is 1. The van der Waals surface area contributed by atoms with Gasteiger partial charge in [-0.15, -0.1) is 0 Å². The highest BCUT2D eigenvalue weighted by Gasteiger charge is 2.41. The van der Waals surface area contributed by atoms with E-state index < -0.39 is 30.8 Å². The maximum absolute atomic E-state index is 14.7. The van der Waals surface area contributed by atoms with Crippen LogP contribution in [0.4, 0.5) is 33.2 Å². The van der Waals surface area contributed by atoms with E-state index in [1.54, 1.807) is 26.6 Å². The fourth-order valence-electron chi connectivity index (χ4n) is 9.57. The Hall–Kier alpha value is -6.10. The third-order valence-corrected chi connectivity index (χ3v) is 14.6. The maximum Gasteiger partial charge on any atom is 0.255 e. The molecule has 6 heterocycles. The Morgan fingerprint density at radius 3 is 2.45 bits per heavy atom. The number of piperazine rings is 1. The number of carbonyl (C=O) groups is 3. The number of hydrogen-bond donors (Lipinski definition) is 4. The lowest BCUT2D eigenvalue weighted by atomic mass is 9.99. The van der Waals surface area contributed by atoms with E-state index in [1.165, 1.54) is 22.6 Å². The average Bonchev–Trinajstić information content (AvgIpc) is 3.91. The molecule has 0 spiro atoms. The molecule has 3 aromatic carbocycles. The third-order valence-electron chi connectivity index (χ3n) is 13.0. The van der Waals surface area contributed by atoms with E-state index in [9.17, 15) is 23.3 Å². The zero-order valence-electron chi connectivity index (χ0n) is 37.2. The lowest BCUT2D eigenvalue weighted by Gasteiger charge is -2.43. The van der Waals surface area contributed by atoms with Crippen molar-refractivity contribution in [3.05, 3.63) is 77.2 Å². The summed E-state index contributed by atoms with van der Waals surface area (Å²) in [5, 5.41) is 17.7. The summed E-state index contributed by atoms with van der Waals surface area (Å²) in [4.78, 5) is 55.8. The summed E-state index contributed by atoms with van der Waals surface area (Å²) >= 11 is 0. The summed E-state index contributed by atoms with van der Waals surface area (Å²) < 4.78 is 39.9. The van der Waals surface area contributed by atoms with Gasteiger partial charge in [0.2, 0.25) is 17.8 Å². The molecule has 342 valence electrons. The Balaban J connectivity index is 0.789. The summed E-state index contributed by atoms with van der Waals surface area (Å²) in [7, 11) is -0.914. The number of H-pyrrole nitrogens is 1. The van der Waals surface area contributed by atoms with Gasteiger partial charge in [-0.05, 0) is 68.8 Å². The minimum absolute atomic E-state index is 0.129. The van der Waals surface area contributed by atoms with Gasteiger partial charge in [0, 0.05) is 87.0 Å². The molecule has 1 unspecified atom stereocenters. The van der Waals surface area contributed by atoms with Gasteiger partial charge in [-0.3, -0.25) is 34.6 Å². The number of imide groups is 1. The molecule has 9 rings (SSSR count). The van der Waals surface area contributed by atoms with Crippen molar-refractivity contribution in [2.24, 2.45) is 0 Å². The van der Waals surface area contributed by atoms with Gasteiger partial charge < -0.3 is 34.5 Å². The molecule has 17 nitrogen and oxygen atoms in total. The van der Waals surface area contributed by atoms with Gasteiger partial charge in [-0.2, -0.15) is 15.1 Å². The number of nitrogens with one attached hydrogen (secondary N) is 4. The molecule has 0 radical (unpaired) electrons. The van der Waals surface area contributed by atoms with Gasteiger partial charge in [0.1, 0.15) is 42.9 Å². The first kappa shape index (κ1) is 44.1. The number of fused-ring (bicyclic) bond motifs is 2. The second kappa shape index (κ2) is 18.4. The highest BCUT2D eigenvalue weighted by atomic mass is 31.2. The van der Waals surface area contributed by atoms with Crippen LogP contribution in [0.5, 0.6) is 11.5 Å². The summed E-state index contributed by atoms with van der Waals surface area (Å²) in [6.07, 6.45) is 4.95. The van der Waals surface area contributed by atoms with Crippen LogP contribution in [-0.2, 0) is 27.1 Å². The van der Waals surface area contributed by atoms with Crippen LogP contribution >= 0.6 is 7.14 Å². The smallest absolute Gasteiger partial charge is 0.255 e. The van der Waals surface area contributed by atoms with E-state index in [-0.39, 0.29) is 30.9 Å². The van der Waals surface area contributed by atoms with Crippen LogP contribution in [0.25, 0.3) is 11.0 Å². The number of aryl methyl sites for hydroxylation is 1.